The van der Waals surface area contributed by atoms with Gasteiger partial charge in [0.2, 0.25) is 0 Å². The SMILES string of the molecule is COCCC(C)C(N)c1cccc(N(C)C)c1. The molecule has 0 aliphatic carbocycles. The van der Waals surface area contributed by atoms with E-state index < -0.39 is 0 Å². The summed E-state index contributed by atoms with van der Waals surface area (Å²) in [5.41, 5.74) is 8.66. The Kier molecular flexibility index (Phi) is 5.45. The summed E-state index contributed by atoms with van der Waals surface area (Å²) < 4.78 is 5.10. The van der Waals surface area contributed by atoms with Crippen molar-refractivity contribution in [3.63, 3.8) is 0 Å². The molecule has 0 aliphatic rings. The Balaban J connectivity index is 2.74. The van der Waals surface area contributed by atoms with Crippen LogP contribution in [0.1, 0.15) is 24.9 Å². The molecule has 2 unspecified atom stereocenters. The van der Waals surface area contributed by atoms with Gasteiger partial charge in [-0.1, -0.05) is 19.1 Å². The van der Waals surface area contributed by atoms with E-state index >= 15 is 0 Å². The van der Waals surface area contributed by atoms with Gasteiger partial charge in [0.15, 0.2) is 0 Å². The molecule has 1 aromatic rings. The molecule has 2 atom stereocenters. The van der Waals surface area contributed by atoms with Crippen LogP contribution in [0, 0.1) is 5.92 Å². The highest BCUT2D eigenvalue weighted by molar-refractivity contribution is 5.47. The van der Waals surface area contributed by atoms with Crippen molar-refractivity contribution in [1.29, 1.82) is 0 Å². The van der Waals surface area contributed by atoms with Gasteiger partial charge < -0.3 is 15.4 Å². The molecule has 0 aliphatic heterocycles. The Labute approximate surface area is 105 Å². The number of benzene rings is 1. The zero-order valence-corrected chi connectivity index (χ0v) is 11.3. The second-order valence-electron chi connectivity index (χ2n) is 4.77. The van der Waals surface area contributed by atoms with Crippen LogP contribution in [-0.4, -0.2) is 27.8 Å². The van der Waals surface area contributed by atoms with Crippen LogP contribution in [0.4, 0.5) is 5.69 Å². The van der Waals surface area contributed by atoms with Gasteiger partial charge >= 0.3 is 0 Å². The van der Waals surface area contributed by atoms with Crippen molar-refractivity contribution in [2.45, 2.75) is 19.4 Å². The zero-order valence-electron chi connectivity index (χ0n) is 11.3. The molecule has 0 heterocycles. The lowest BCUT2D eigenvalue weighted by molar-refractivity contribution is 0.174. The molecule has 17 heavy (non-hydrogen) atoms. The standard InChI is InChI=1S/C14H24N2O/c1-11(8-9-17-4)14(15)12-6-5-7-13(10-12)16(2)3/h5-7,10-11,14H,8-9,15H2,1-4H3. The number of nitrogens with two attached hydrogens (primary N) is 1. The van der Waals surface area contributed by atoms with E-state index in [0.717, 1.165) is 13.0 Å². The molecule has 0 saturated carbocycles. The number of hydrogen-bond acceptors (Lipinski definition) is 3. The fourth-order valence-electron chi connectivity index (χ4n) is 1.82. The van der Waals surface area contributed by atoms with Gasteiger partial charge in [0.1, 0.15) is 0 Å². The predicted octanol–water partition coefficient (Wildman–Crippen LogP) is 2.43. The number of nitrogens with zero attached hydrogens (tertiary/aromatic N) is 1. The maximum Gasteiger partial charge on any atom is 0.0465 e. The molecular weight excluding hydrogens is 212 g/mol. The van der Waals surface area contributed by atoms with Crippen LogP contribution in [0.3, 0.4) is 0 Å². The van der Waals surface area contributed by atoms with Crippen molar-refractivity contribution in [1.82, 2.24) is 0 Å². The summed E-state index contributed by atoms with van der Waals surface area (Å²) in [5.74, 6) is 0.423. The average Bonchev–Trinajstić information content (AvgIpc) is 2.35. The van der Waals surface area contributed by atoms with Gasteiger partial charge in [0.05, 0.1) is 0 Å². The molecule has 1 aromatic carbocycles. The van der Waals surface area contributed by atoms with E-state index in [1.54, 1.807) is 7.11 Å². The molecule has 3 heteroatoms. The van der Waals surface area contributed by atoms with Crippen molar-refractivity contribution in [3.05, 3.63) is 29.8 Å². The first kappa shape index (κ1) is 14.0. The molecule has 0 fully saturated rings. The van der Waals surface area contributed by atoms with Crippen LogP contribution in [0.5, 0.6) is 0 Å². The van der Waals surface area contributed by atoms with E-state index in [-0.39, 0.29) is 6.04 Å². The van der Waals surface area contributed by atoms with E-state index in [4.69, 9.17) is 10.5 Å². The molecule has 2 N–H and O–H groups in total. The highest BCUT2D eigenvalue weighted by atomic mass is 16.5. The number of hydrogen-bond donors (Lipinski definition) is 1. The van der Waals surface area contributed by atoms with E-state index in [2.05, 4.69) is 36.1 Å². The van der Waals surface area contributed by atoms with Crippen molar-refractivity contribution in [3.8, 4) is 0 Å². The quantitative estimate of drug-likeness (QED) is 0.824. The van der Waals surface area contributed by atoms with Gasteiger partial charge in [-0.2, -0.15) is 0 Å². The fourth-order valence-corrected chi connectivity index (χ4v) is 1.82. The van der Waals surface area contributed by atoms with Crippen molar-refractivity contribution < 1.29 is 4.74 Å². The second-order valence-corrected chi connectivity index (χ2v) is 4.77. The number of ether oxygens (including phenoxy) is 1. The summed E-state index contributed by atoms with van der Waals surface area (Å²) in [4.78, 5) is 2.09. The van der Waals surface area contributed by atoms with E-state index in [0.29, 0.717) is 5.92 Å². The fraction of sp³-hybridized carbons (Fsp3) is 0.571. The Morgan fingerprint density at radius 2 is 2.06 bits per heavy atom. The summed E-state index contributed by atoms with van der Waals surface area (Å²) in [7, 11) is 5.81. The topological polar surface area (TPSA) is 38.5 Å². The van der Waals surface area contributed by atoms with Gasteiger partial charge in [-0.15, -0.1) is 0 Å². The minimum atomic E-state index is 0.0741. The Morgan fingerprint density at radius 1 is 1.35 bits per heavy atom. The normalized spacial score (nSPS) is 14.4. The van der Waals surface area contributed by atoms with Crippen molar-refractivity contribution in [2.75, 3.05) is 32.7 Å². The smallest absolute Gasteiger partial charge is 0.0465 e. The third-order valence-corrected chi connectivity index (χ3v) is 3.16. The number of methoxy groups -OCH3 is 1. The highest BCUT2D eigenvalue weighted by Gasteiger charge is 2.15. The van der Waals surface area contributed by atoms with E-state index in [1.165, 1.54) is 11.3 Å². The Morgan fingerprint density at radius 3 is 2.65 bits per heavy atom. The van der Waals surface area contributed by atoms with Crippen LogP contribution in [-0.2, 0) is 4.74 Å². The van der Waals surface area contributed by atoms with Crippen LogP contribution in [0.15, 0.2) is 24.3 Å². The third-order valence-electron chi connectivity index (χ3n) is 3.16. The maximum absolute atomic E-state index is 6.27. The lowest BCUT2D eigenvalue weighted by Crippen LogP contribution is -2.21. The van der Waals surface area contributed by atoms with E-state index in [9.17, 15) is 0 Å². The summed E-state index contributed by atoms with van der Waals surface area (Å²) in [5, 5.41) is 0. The minimum Gasteiger partial charge on any atom is -0.385 e. The van der Waals surface area contributed by atoms with Crippen LogP contribution in [0.2, 0.25) is 0 Å². The van der Waals surface area contributed by atoms with Gasteiger partial charge in [-0.05, 0) is 30.0 Å². The lowest BCUT2D eigenvalue weighted by Gasteiger charge is -2.22. The van der Waals surface area contributed by atoms with Gasteiger partial charge in [-0.3, -0.25) is 0 Å². The molecule has 3 nitrogen and oxygen atoms in total. The maximum atomic E-state index is 6.27. The first-order valence-electron chi connectivity index (χ1n) is 6.08. The first-order chi connectivity index (χ1) is 8.06. The summed E-state index contributed by atoms with van der Waals surface area (Å²) in [6.45, 7) is 2.94. The van der Waals surface area contributed by atoms with Gasteiger partial charge in [-0.25, -0.2) is 0 Å². The summed E-state index contributed by atoms with van der Waals surface area (Å²) >= 11 is 0. The number of anilines is 1. The molecular formula is C14H24N2O. The second kappa shape index (κ2) is 6.62. The molecule has 1 rings (SSSR count). The van der Waals surface area contributed by atoms with Crippen LogP contribution >= 0.6 is 0 Å². The Hall–Kier alpha value is -1.06. The van der Waals surface area contributed by atoms with E-state index in [1.807, 2.05) is 14.1 Å². The van der Waals surface area contributed by atoms with Crippen molar-refractivity contribution in [2.24, 2.45) is 11.7 Å². The zero-order chi connectivity index (χ0) is 12.8. The van der Waals surface area contributed by atoms with Gasteiger partial charge in [0.25, 0.3) is 0 Å². The predicted molar refractivity (Wildman–Crippen MR) is 73.4 cm³/mol. The highest BCUT2D eigenvalue weighted by Crippen LogP contribution is 2.24. The lowest BCUT2D eigenvalue weighted by atomic mass is 9.92. The average molecular weight is 236 g/mol. The number of rotatable bonds is 6. The van der Waals surface area contributed by atoms with Gasteiger partial charge in [0, 0.05) is 39.5 Å². The first-order valence-corrected chi connectivity index (χ1v) is 6.08. The monoisotopic (exact) mass is 236 g/mol. The third kappa shape index (κ3) is 4.02. The molecule has 0 aromatic heterocycles. The molecule has 0 spiro atoms. The summed E-state index contributed by atoms with van der Waals surface area (Å²) in [6.07, 6.45) is 0.990. The van der Waals surface area contributed by atoms with Crippen LogP contribution in [0.25, 0.3) is 0 Å². The van der Waals surface area contributed by atoms with Crippen LogP contribution < -0.4 is 10.6 Å². The van der Waals surface area contributed by atoms with Crippen molar-refractivity contribution >= 4 is 5.69 Å². The molecule has 0 saturated heterocycles. The molecule has 96 valence electrons. The Bertz CT molecular complexity index is 339. The minimum absolute atomic E-state index is 0.0741. The molecule has 0 amide bonds. The largest absolute Gasteiger partial charge is 0.385 e. The molecule has 0 bridgehead atoms. The molecule has 0 radical (unpaired) electrons. The summed E-state index contributed by atoms with van der Waals surface area (Å²) in [6, 6.07) is 8.49.